The van der Waals surface area contributed by atoms with E-state index in [0.29, 0.717) is 0 Å². The predicted molar refractivity (Wildman–Crippen MR) is 123 cm³/mol. The Kier molecular flexibility index (Phi) is 8.21. The van der Waals surface area contributed by atoms with E-state index in [1.807, 2.05) is 36.4 Å². The summed E-state index contributed by atoms with van der Waals surface area (Å²) in [6.45, 7) is 2.03. The Hall–Kier alpha value is -3.65. The van der Waals surface area contributed by atoms with Gasteiger partial charge in [-0.2, -0.15) is 0 Å². The molecule has 174 valence electrons. The quantitative estimate of drug-likeness (QED) is 0.478. The number of aliphatic carboxylic acids is 1. The Morgan fingerprint density at radius 3 is 2.24 bits per heavy atom. The van der Waals surface area contributed by atoms with Crippen LogP contribution in [-0.2, 0) is 19.1 Å². The first-order valence-corrected chi connectivity index (χ1v) is 10.7. The van der Waals surface area contributed by atoms with Gasteiger partial charge in [0.1, 0.15) is 12.6 Å². The van der Waals surface area contributed by atoms with Crippen LogP contribution in [0.4, 0.5) is 4.79 Å². The second kappa shape index (κ2) is 11.3. The zero-order valence-electron chi connectivity index (χ0n) is 18.7. The lowest BCUT2D eigenvalue weighted by atomic mass is 9.98. The molecule has 1 unspecified atom stereocenters. The summed E-state index contributed by atoms with van der Waals surface area (Å²) in [6, 6.07) is 15.1. The molecular formula is C25H28N2O6. The number of rotatable bonds is 10. The average Bonchev–Trinajstić information content (AvgIpc) is 3.13. The monoisotopic (exact) mass is 452 g/mol. The van der Waals surface area contributed by atoms with Crippen molar-refractivity contribution in [3.63, 3.8) is 0 Å². The number of methoxy groups -OCH3 is 1. The minimum absolute atomic E-state index is 0.0359. The van der Waals surface area contributed by atoms with Crippen LogP contribution < -0.4 is 10.6 Å². The van der Waals surface area contributed by atoms with E-state index in [4.69, 9.17) is 9.47 Å². The van der Waals surface area contributed by atoms with Gasteiger partial charge in [-0.25, -0.2) is 9.59 Å². The van der Waals surface area contributed by atoms with Crippen molar-refractivity contribution in [1.29, 1.82) is 0 Å². The van der Waals surface area contributed by atoms with Crippen LogP contribution in [0.1, 0.15) is 30.4 Å². The number of carbonyl (C=O) groups excluding carboxylic acids is 2. The van der Waals surface area contributed by atoms with Crippen LogP contribution in [0, 0.1) is 0 Å². The number of hydrogen-bond acceptors (Lipinski definition) is 5. The summed E-state index contributed by atoms with van der Waals surface area (Å²) >= 11 is 0. The van der Waals surface area contributed by atoms with Crippen molar-refractivity contribution in [1.82, 2.24) is 10.6 Å². The lowest BCUT2D eigenvalue weighted by Gasteiger charge is -2.15. The van der Waals surface area contributed by atoms with Crippen molar-refractivity contribution in [3.05, 3.63) is 71.3 Å². The normalized spacial score (nSPS) is 13.6. The van der Waals surface area contributed by atoms with E-state index in [-0.39, 0.29) is 37.7 Å². The fourth-order valence-electron chi connectivity index (χ4n) is 3.79. The molecule has 1 aliphatic rings. The van der Waals surface area contributed by atoms with Gasteiger partial charge in [-0.15, -0.1) is 0 Å². The van der Waals surface area contributed by atoms with Gasteiger partial charge in [0.2, 0.25) is 5.91 Å². The van der Waals surface area contributed by atoms with Gasteiger partial charge in [0.15, 0.2) is 0 Å². The Morgan fingerprint density at radius 1 is 1.06 bits per heavy atom. The number of carbonyl (C=O) groups is 3. The first kappa shape index (κ1) is 24.0. The third-order valence-corrected chi connectivity index (χ3v) is 5.57. The lowest BCUT2D eigenvalue weighted by molar-refractivity contribution is -0.141. The minimum atomic E-state index is -1.13. The number of benzene rings is 2. The maximum Gasteiger partial charge on any atom is 0.407 e. The summed E-state index contributed by atoms with van der Waals surface area (Å²) in [7, 11) is 1.46. The molecule has 2 amide bonds. The van der Waals surface area contributed by atoms with Crippen LogP contribution in [0.2, 0.25) is 0 Å². The maximum atomic E-state index is 12.2. The molecule has 0 fully saturated rings. The Balaban J connectivity index is 1.50. The number of nitrogens with one attached hydrogen (secondary N) is 2. The van der Waals surface area contributed by atoms with Crippen LogP contribution >= 0.6 is 0 Å². The third-order valence-electron chi connectivity index (χ3n) is 5.57. The molecule has 1 atom stereocenters. The number of carboxylic acid groups (broad SMARTS) is 1. The molecule has 2 aromatic carbocycles. The van der Waals surface area contributed by atoms with E-state index in [1.165, 1.54) is 13.2 Å². The number of ether oxygens (including phenoxy) is 2. The molecule has 0 bridgehead atoms. The Bertz CT molecular complexity index is 1000. The standard InChI is InChI=1S/C25H28N2O6/c1-16(23(28)27-22(24(29)30)12-14-32-2)11-13-26-25(31)33-15-21-19-9-5-3-7-17(19)18-8-4-6-10-20(18)21/h3-11,21-22H,12-15H2,1-2H3,(H,26,31)(H,27,28)(H,29,30)/b16-11+. The second-order valence-electron chi connectivity index (χ2n) is 7.74. The lowest BCUT2D eigenvalue weighted by Crippen LogP contribution is -2.42. The molecule has 0 heterocycles. The molecule has 8 heteroatoms. The molecule has 0 saturated heterocycles. The SMILES string of the molecule is COCCC(NC(=O)/C(C)=C/CNC(=O)OCC1c2ccccc2-c2ccccc21)C(=O)O. The van der Waals surface area contributed by atoms with Gasteiger partial charge in [0.05, 0.1) is 0 Å². The molecular weight excluding hydrogens is 424 g/mol. The largest absolute Gasteiger partial charge is 0.480 e. The Morgan fingerprint density at radius 2 is 1.67 bits per heavy atom. The summed E-state index contributed by atoms with van der Waals surface area (Å²) in [5.74, 6) is -1.69. The first-order chi connectivity index (χ1) is 15.9. The van der Waals surface area contributed by atoms with Gasteiger partial charge in [0.25, 0.3) is 0 Å². The van der Waals surface area contributed by atoms with Crippen molar-refractivity contribution < 1.29 is 29.0 Å². The predicted octanol–water partition coefficient (Wildman–Crippen LogP) is 3.08. The van der Waals surface area contributed by atoms with Crippen molar-refractivity contribution in [2.75, 3.05) is 26.9 Å². The summed E-state index contributed by atoms with van der Waals surface area (Å²) in [4.78, 5) is 35.6. The first-order valence-electron chi connectivity index (χ1n) is 10.7. The average molecular weight is 453 g/mol. The highest BCUT2D eigenvalue weighted by Gasteiger charge is 2.29. The maximum absolute atomic E-state index is 12.2. The number of amides is 2. The molecule has 1 aliphatic carbocycles. The summed E-state index contributed by atoms with van der Waals surface area (Å²) in [5.41, 5.74) is 4.84. The molecule has 33 heavy (non-hydrogen) atoms. The van der Waals surface area contributed by atoms with Gasteiger partial charge < -0.3 is 25.2 Å². The minimum Gasteiger partial charge on any atom is -0.480 e. The topological polar surface area (TPSA) is 114 Å². The summed E-state index contributed by atoms with van der Waals surface area (Å²) in [6.07, 6.45) is 1.07. The van der Waals surface area contributed by atoms with E-state index >= 15 is 0 Å². The number of hydrogen-bond donors (Lipinski definition) is 3. The molecule has 0 aromatic heterocycles. The third kappa shape index (κ3) is 5.98. The van der Waals surface area contributed by atoms with E-state index in [1.54, 1.807) is 6.92 Å². The van der Waals surface area contributed by atoms with Crippen LogP contribution in [0.25, 0.3) is 11.1 Å². The van der Waals surface area contributed by atoms with E-state index in [0.717, 1.165) is 22.3 Å². The highest BCUT2D eigenvalue weighted by atomic mass is 16.5. The molecule has 8 nitrogen and oxygen atoms in total. The van der Waals surface area contributed by atoms with Crippen LogP contribution in [-0.4, -0.2) is 56.0 Å². The molecule has 3 rings (SSSR count). The number of alkyl carbamates (subject to hydrolysis) is 1. The number of carboxylic acids is 1. The molecule has 0 aliphatic heterocycles. The van der Waals surface area contributed by atoms with Gasteiger partial charge in [0, 0.05) is 38.2 Å². The van der Waals surface area contributed by atoms with Gasteiger partial charge in [-0.1, -0.05) is 54.6 Å². The van der Waals surface area contributed by atoms with E-state index in [9.17, 15) is 19.5 Å². The van der Waals surface area contributed by atoms with E-state index < -0.39 is 24.0 Å². The second-order valence-corrected chi connectivity index (χ2v) is 7.74. The molecule has 0 radical (unpaired) electrons. The summed E-state index contributed by atoms with van der Waals surface area (Å²) < 4.78 is 10.3. The Labute approximate surface area is 192 Å². The van der Waals surface area contributed by atoms with Crippen LogP contribution in [0.15, 0.2) is 60.2 Å². The van der Waals surface area contributed by atoms with Crippen LogP contribution in [0.3, 0.4) is 0 Å². The van der Waals surface area contributed by atoms with Gasteiger partial charge in [-0.05, 0) is 29.2 Å². The number of fused-ring (bicyclic) bond motifs is 3. The molecule has 2 aromatic rings. The van der Waals surface area contributed by atoms with Crippen molar-refractivity contribution in [2.45, 2.75) is 25.3 Å². The smallest absolute Gasteiger partial charge is 0.407 e. The highest BCUT2D eigenvalue weighted by Crippen LogP contribution is 2.44. The van der Waals surface area contributed by atoms with Gasteiger partial charge in [-0.3, -0.25) is 4.79 Å². The van der Waals surface area contributed by atoms with Crippen molar-refractivity contribution in [2.24, 2.45) is 0 Å². The molecule has 0 saturated carbocycles. The summed E-state index contributed by atoms with van der Waals surface area (Å²) in [5, 5.41) is 14.2. The zero-order chi connectivity index (χ0) is 23.8. The fourth-order valence-corrected chi connectivity index (χ4v) is 3.79. The van der Waals surface area contributed by atoms with Crippen molar-refractivity contribution >= 4 is 18.0 Å². The van der Waals surface area contributed by atoms with Gasteiger partial charge >= 0.3 is 12.1 Å². The molecule has 3 N–H and O–H groups in total. The fraction of sp³-hybridized carbons (Fsp3) is 0.320. The van der Waals surface area contributed by atoms with Crippen LogP contribution in [0.5, 0.6) is 0 Å². The zero-order valence-corrected chi connectivity index (χ0v) is 18.7. The van der Waals surface area contributed by atoms with Crippen molar-refractivity contribution in [3.8, 4) is 11.1 Å². The molecule has 0 spiro atoms. The highest BCUT2D eigenvalue weighted by molar-refractivity contribution is 5.95. The van der Waals surface area contributed by atoms with E-state index in [2.05, 4.69) is 22.8 Å².